The van der Waals surface area contributed by atoms with Gasteiger partial charge >= 0.3 is 0 Å². The molecular weight excluding hydrogens is 833 g/mol. The molecule has 0 spiro atoms. The van der Waals surface area contributed by atoms with Crippen LogP contribution < -0.4 is 20.9 Å². The van der Waals surface area contributed by atoms with Crippen LogP contribution in [0.25, 0.3) is 22.6 Å². The molecule has 3 saturated heterocycles. The number of likely N-dealkylation sites (tertiary alicyclic amines) is 2. The number of benzene rings is 3. The number of nitriles is 1. The molecule has 4 aliphatic heterocycles. The number of carbonyl (C=O) groups excluding carboxylic acids is 3. The maximum Gasteiger partial charge on any atom is 0.267 e. The first-order chi connectivity index (χ1) is 32.3. The molecule has 15 heteroatoms. The van der Waals surface area contributed by atoms with Gasteiger partial charge in [0.05, 0.1) is 42.9 Å². The van der Waals surface area contributed by atoms with Gasteiger partial charge < -0.3 is 24.8 Å². The fraction of sp³-hybridized carbons (Fsp3) is 0.412. The van der Waals surface area contributed by atoms with Gasteiger partial charge in [0, 0.05) is 53.5 Å². The van der Waals surface area contributed by atoms with Crippen LogP contribution in [0.15, 0.2) is 96.1 Å². The standard InChI is InChI=1S/C51H56N10O5/c52-29-37-5-1-7-39(27-37)44-11-14-48(63)61(57-44)32-38-6-2-8-40(28-38)49-54-30-41(31-55-49)66-34-36-18-25-59(26-19-36)24-17-35-15-22-58(23-16-35)21-4-20-53-45-10-3-9-42-43(45)33-60(51(42)65)46-12-13-47(62)56-50(46)64/h1-3,5-11,14,27-28,30-31,35-36,46,53H,4,12-13,15-26,32-34H2,(H,56,62,64)/t46-/m0/s1. The summed E-state index contributed by atoms with van der Waals surface area (Å²) in [6.45, 7) is 8.77. The lowest BCUT2D eigenvalue weighted by Crippen LogP contribution is -2.52. The van der Waals surface area contributed by atoms with Gasteiger partial charge in [0.15, 0.2) is 11.6 Å². The van der Waals surface area contributed by atoms with Crippen molar-refractivity contribution in [3.05, 3.63) is 124 Å². The van der Waals surface area contributed by atoms with Gasteiger partial charge in [0.2, 0.25) is 11.8 Å². The summed E-state index contributed by atoms with van der Waals surface area (Å²) < 4.78 is 7.60. The number of nitrogens with zero attached hydrogens (tertiary/aromatic N) is 8. The molecule has 6 heterocycles. The Bertz CT molecular complexity index is 2650. The predicted molar refractivity (Wildman–Crippen MR) is 249 cm³/mol. The van der Waals surface area contributed by atoms with Crippen molar-refractivity contribution in [2.45, 2.75) is 70.5 Å². The number of piperidine rings is 3. The zero-order valence-electron chi connectivity index (χ0n) is 37.2. The first kappa shape index (κ1) is 44.4. The third-order valence-corrected chi connectivity index (χ3v) is 13.6. The first-order valence-corrected chi connectivity index (χ1v) is 23.3. The van der Waals surface area contributed by atoms with Crippen LogP contribution in [0.1, 0.15) is 78.4 Å². The number of hydrogen-bond acceptors (Lipinski definition) is 12. The number of anilines is 1. The van der Waals surface area contributed by atoms with E-state index in [2.05, 4.69) is 41.6 Å². The molecule has 1 atom stereocenters. The topological polar surface area (TPSA) is 179 Å². The van der Waals surface area contributed by atoms with Crippen LogP contribution in [0.5, 0.6) is 5.75 Å². The van der Waals surface area contributed by atoms with E-state index in [4.69, 9.17) is 4.74 Å². The normalized spacial score (nSPS) is 18.5. The van der Waals surface area contributed by atoms with E-state index in [0.29, 0.717) is 53.9 Å². The van der Waals surface area contributed by atoms with Crippen LogP contribution in [-0.4, -0.2) is 111 Å². The highest BCUT2D eigenvalue weighted by Crippen LogP contribution is 2.33. The monoisotopic (exact) mass is 888 g/mol. The lowest BCUT2D eigenvalue weighted by atomic mass is 9.92. The van der Waals surface area contributed by atoms with Gasteiger partial charge in [0.25, 0.3) is 11.5 Å². The summed E-state index contributed by atoms with van der Waals surface area (Å²) in [7, 11) is 0. The Kier molecular flexibility index (Phi) is 13.9. The average Bonchev–Trinajstić information content (AvgIpc) is 3.69. The van der Waals surface area contributed by atoms with Crippen LogP contribution in [0.4, 0.5) is 5.69 Å². The maximum absolute atomic E-state index is 13.2. The van der Waals surface area contributed by atoms with E-state index < -0.39 is 6.04 Å². The highest BCUT2D eigenvalue weighted by Gasteiger charge is 2.40. The molecule has 2 aromatic heterocycles. The smallest absolute Gasteiger partial charge is 0.267 e. The van der Waals surface area contributed by atoms with E-state index in [-0.39, 0.29) is 36.2 Å². The minimum absolute atomic E-state index is 0.144. The summed E-state index contributed by atoms with van der Waals surface area (Å²) in [5, 5.41) is 19.8. The van der Waals surface area contributed by atoms with Crippen molar-refractivity contribution >= 4 is 23.4 Å². The number of ether oxygens (including phenoxy) is 1. The Balaban J connectivity index is 0.653. The minimum atomic E-state index is -0.607. The van der Waals surface area contributed by atoms with E-state index in [1.807, 2.05) is 48.5 Å². The number of hydrogen-bond donors (Lipinski definition) is 2. The van der Waals surface area contributed by atoms with Crippen molar-refractivity contribution in [3.8, 4) is 34.5 Å². The molecule has 340 valence electrons. The van der Waals surface area contributed by atoms with Crippen molar-refractivity contribution in [1.82, 2.24) is 39.8 Å². The van der Waals surface area contributed by atoms with Gasteiger partial charge in [-0.15, -0.1) is 0 Å². The number of carbonyl (C=O) groups is 3. The molecule has 5 aromatic rings. The molecule has 0 unspecified atom stereocenters. The van der Waals surface area contributed by atoms with Gasteiger partial charge in [-0.05, 0) is 138 Å². The molecule has 66 heavy (non-hydrogen) atoms. The van der Waals surface area contributed by atoms with E-state index in [1.165, 1.54) is 30.0 Å². The second kappa shape index (κ2) is 20.6. The molecular formula is C51H56N10O5. The van der Waals surface area contributed by atoms with Crippen molar-refractivity contribution in [2.75, 3.05) is 57.7 Å². The Morgan fingerprint density at radius 1 is 0.803 bits per heavy atom. The lowest BCUT2D eigenvalue weighted by Gasteiger charge is -2.35. The minimum Gasteiger partial charge on any atom is -0.490 e. The predicted octanol–water partition coefficient (Wildman–Crippen LogP) is 5.74. The van der Waals surface area contributed by atoms with Crippen LogP contribution in [0.2, 0.25) is 0 Å². The summed E-state index contributed by atoms with van der Waals surface area (Å²) in [5.74, 6) is 1.69. The number of amides is 3. The van der Waals surface area contributed by atoms with Crippen LogP contribution in [0.3, 0.4) is 0 Å². The van der Waals surface area contributed by atoms with E-state index in [0.717, 1.165) is 98.9 Å². The Morgan fingerprint density at radius 3 is 2.33 bits per heavy atom. The summed E-state index contributed by atoms with van der Waals surface area (Å²) in [6, 6.07) is 25.4. The molecule has 3 aromatic carbocycles. The molecule has 0 aliphatic carbocycles. The molecule has 9 rings (SSSR count). The Labute approximate surface area is 384 Å². The molecule has 0 radical (unpaired) electrons. The summed E-state index contributed by atoms with van der Waals surface area (Å²) in [6.07, 6.45) is 11.1. The Hall–Kier alpha value is -6.76. The number of imide groups is 1. The third-order valence-electron chi connectivity index (χ3n) is 13.6. The maximum atomic E-state index is 13.2. The molecule has 15 nitrogen and oxygen atoms in total. The van der Waals surface area contributed by atoms with Crippen LogP contribution in [0, 0.1) is 23.2 Å². The first-order valence-electron chi connectivity index (χ1n) is 23.3. The van der Waals surface area contributed by atoms with Crippen LogP contribution >= 0.6 is 0 Å². The second-order valence-electron chi connectivity index (χ2n) is 18.0. The van der Waals surface area contributed by atoms with E-state index >= 15 is 0 Å². The van der Waals surface area contributed by atoms with Crippen molar-refractivity contribution in [1.29, 1.82) is 5.26 Å². The molecule has 3 amide bonds. The van der Waals surface area contributed by atoms with Gasteiger partial charge in [-0.3, -0.25) is 24.5 Å². The summed E-state index contributed by atoms with van der Waals surface area (Å²) >= 11 is 0. The van der Waals surface area contributed by atoms with E-state index in [1.54, 1.807) is 41.6 Å². The van der Waals surface area contributed by atoms with Gasteiger partial charge in [-0.2, -0.15) is 10.4 Å². The largest absolute Gasteiger partial charge is 0.490 e. The molecule has 4 aliphatic rings. The van der Waals surface area contributed by atoms with Gasteiger partial charge in [-0.1, -0.05) is 36.4 Å². The highest BCUT2D eigenvalue weighted by atomic mass is 16.5. The zero-order valence-corrected chi connectivity index (χ0v) is 37.2. The van der Waals surface area contributed by atoms with Crippen molar-refractivity contribution < 1.29 is 19.1 Å². The van der Waals surface area contributed by atoms with Crippen LogP contribution in [-0.2, 0) is 22.7 Å². The fourth-order valence-electron chi connectivity index (χ4n) is 9.72. The van der Waals surface area contributed by atoms with Crippen molar-refractivity contribution in [3.63, 3.8) is 0 Å². The van der Waals surface area contributed by atoms with Gasteiger partial charge in [0.1, 0.15) is 6.04 Å². The molecule has 2 N–H and O–H groups in total. The number of nitrogens with one attached hydrogen (secondary N) is 2. The highest BCUT2D eigenvalue weighted by molar-refractivity contribution is 6.06. The number of aromatic nitrogens is 4. The SMILES string of the molecule is N#Cc1cccc(-c2ccc(=O)n(Cc3cccc(-c4ncc(OCC5CCN(CCC6CCN(CCCNc7cccc8c7CN([C@H]7CCC(=O)NC7=O)C8=O)CC6)CC5)cn4)c3)n2)c1. The quantitative estimate of drug-likeness (QED) is 0.0908. The zero-order chi connectivity index (χ0) is 45.4. The summed E-state index contributed by atoms with van der Waals surface area (Å²) in [4.78, 5) is 66.0. The fourth-order valence-corrected chi connectivity index (χ4v) is 9.72. The second-order valence-corrected chi connectivity index (χ2v) is 18.0. The third kappa shape index (κ3) is 10.7. The lowest BCUT2D eigenvalue weighted by molar-refractivity contribution is -0.136. The molecule has 0 saturated carbocycles. The van der Waals surface area contributed by atoms with Crippen molar-refractivity contribution in [2.24, 2.45) is 11.8 Å². The van der Waals surface area contributed by atoms with Gasteiger partial charge in [-0.25, -0.2) is 14.6 Å². The average molecular weight is 889 g/mol. The molecule has 0 bridgehead atoms. The number of fused-ring (bicyclic) bond motifs is 1. The van der Waals surface area contributed by atoms with E-state index in [9.17, 15) is 24.4 Å². The Morgan fingerprint density at radius 2 is 1.55 bits per heavy atom. The number of rotatable bonds is 16. The summed E-state index contributed by atoms with van der Waals surface area (Å²) in [5.41, 5.74) is 5.95. The molecule has 3 fully saturated rings.